The predicted molar refractivity (Wildman–Crippen MR) is 113 cm³/mol. The first-order valence-corrected chi connectivity index (χ1v) is 13.3. The Morgan fingerprint density at radius 2 is 2.28 bits per heavy atom. The van der Waals surface area contributed by atoms with Gasteiger partial charge >= 0.3 is 0 Å². The van der Waals surface area contributed by atoms with Gasteiger partial charge in [0.05, 0.1) is 34.8 Å². The minimum atomic E-state index is -3.02. The van der Waals surface area contributed by atoms with Gasteiger partial charge in [-0.1, -0.05) is 17.8 Å². The van der Waals surface area contributed by atoms with Crippen molar-refractivity contribution in [3.05, 3.63) is 17.5 Å². The Morgan fingerprint density at radius 3 is 2.93 bits per heavy atom. The summed E-state index contributed by atoms with van der Waals surface area (Å²) in [6.45, 7) is 1.44. The van der Waals surface area contributed by atoms with Gasteiger partial charge < -0.3 is 9.64 Å². The second kappa shape index (κ2) is 8.75. The molecule has 0 bridgehead atoms. The number of aromatic nitrogens is 3. The number of nitrogens with zero attached hydrogens (tertiary/aromatic N) is 4. The SMILES string of the molecule is CN(C(=O)CSc1nnc(-c2cccs2)n1C[C@@H]1CCCO1)[C@H]1CCS(=O)(=O)C1. The van der Waals surface area contributed by atoms with Gasteiger partial charge in [0.1, 0.15) is 0 Å². The third-order valence-corrected chi connectivity index (χ3v) is 8.91. The van der Waals surface area contributed by atoms with Gasteiger partial charge in [0, 0.05) is 19.7 Å². The minimum Gasteiger partial charge on any atom is -0.376 e. The summed E-state index contributed by atoms with van der Waals surface area (Å²) in [5.41, 5.74) is 0. The van der Waals surface area contributed by atoms with Crippen LogP contribution in [0.3, 0.4) is 0 Å². The molecule has 0 aliphatic carbocycles. The highest BCUT2D eigenvalue weighted by Crippen LogP contribution is 2.29. The van der Waals surface area contributed by atoms with Crippen LogP contribution in [-0.2, 0) is 25.9 Å². The second-order valence-electron chi connectivity index (χ2n) is 7.38. The second-order valence-corrected chi connectivity index (χ2v) is 11.5. The number of thiophene rings is 1. The van der Waals surface area contributed by atoms with E-state index in [-0.39, 0.29) is 35.3 Å². The molecule has 4 rings (SSSR count). The van der Waals surface area contributed by atoms with Gasteiger partial charge in [-0.25, -0.2) is 8.42 Å². The molecular formula is C18H24N4O4S3. The Kier molecular flexibility index (Phi) is 6.28. The average Bonchev–Trinajstić information content (AvgIpc) is 3.47. The number of carbonyl (C=O) groups is 1. The zero-order chi connectivity index (χ0) is 20.4. The average molecular weight is 457 g/mol. The number of carbonyl (C=O) groups excluding carboxylic acids is 1. The molecule has 0 radical (unpaired) electrons. The molecule has 2 atom stereocenters. The van der Waals surface area contributed by atoms with Gasteiger partial charge in [-0.15, -0.1) is 21.5 Å². The number of sulfone groups is 1. The monoisotopic (exact) mass is 456 g/mol. The first-order valence-electron chi connectivity index (χ1n) is 9.60. The van der Waals surface area contributed by atoms with Crippen molar-refractivity contribution in [1.29, 1.82) is 0 Å². The third kappa shape index (κ3) is 4.84. The summed E-state index contributed by atoms with van der Waals surface area (Å²) in [6, 6.07) is 3.75. The fourth-order valence-electron chi connectivity index (χ4n) is 3.65. The molecule has 158 valence electrons. The van der Waals surface area contributed by atoms with Crippen molar-refractivity contribution in [2.45, 2.75) is 43.1 Å². The van der Waals surface area contributed by atoms with Crippen molar-refractivity contribution < 1.29 is 17.9 Å². The molecule has 0 spiro atoms. The van der Waals surface area contributed by atoms with Gasteiger partial charge in [0.15, 0.2) is 20.8 Å². The number of thioether (sulfide) groups is 1. The van der Waals surface area contributed by atoms with Crippen molar-refractivity contribution in [3.63, 3.8) is 0 Å². The minimum absolute atomic E-state index is 0.0532. The lowest BCUT2D eigenvalue weighted by Gasteiger charge is -2.23. The maximum atomic E-state index is 12.6. The molecule has 0 saturated carbocycles. The number of hydrogen-bond donors (Lipinski definition) is 0. The van der Waals surface area contributed by atoms with Crippen LogP contribution in [0.4, 0.5) is 0 Å². The van der Waals surface area contributed by atoms with E-state index >= 15 is 0 Å². The summed E-state index contributed by atoms with van der Waals surface area (Å²) in [6.07, 6.45) is 2.69. The largest absolute Gasteiger partial charge is 0.376 e. The van der Waals surface area contributed by atoms with Crippen molar-refractivity contribution in [2.24, 2.45) is 0 Å². The van der Waals surface area contributed by atoms with Gasteiger partial charge in [-0.05, 0) is 30.7 Å². The molecule has 29 heavy (non-hydrogen) atoms. The summed E-state index contributed by atoms with van der Waals surface area (Å²) in [5, 5.41) is 11.4. The van der Waals surface area contributed by atoms with Gasteiger partial charge in [-0.2, -0.15) is 0 Å². The molecule has 1 amide bonds. The lowest BCUT2D eigenvalue weighted by Crippen LogP contribution is -2.38. The highest BCUT2D eigenvalue weighted by Gasteiger charge is 2.33. The molecular weight excluding hydrogens is 432 g/mol. The van der Waals surface area contributed by atoms with Crippen LogP contribution in [-0.4, -0.2) is 77.0 Å². The number of ether oxygens (including phenoxy) is 1. The van der Waals surface area contributed by atoms with E-state index in [1.165, 1.54) is 11.8 Å². The van der Waals surface area contributed by atoms with Crippen molar-refractivity contribution in [3.8, 4) is 10.7 Å². The van der Waals surface area contributed by atoms with E-state index in [9.17, 15) is 13.2 Å². The molecule has 2 aliphatic heterocycles. The van der Waals surface area contributed by atoms with Crippen LogP contribution < -0.4 is 0 Å². The molecule has 2 aromatic heterocycles. The third-order valence-electron chi connectivity index (χ3n) is 5.34. The molecule has 2 aliphatic rings. The van der Waals surface area contributed by atoms with Crippen LogP contribution in [0.5, 0.6) is 0 Å². The topological polar surface area (TPSA) is 94.4 Å². The van der Waals surface area contributed by atoms with Crippen LogP contribution in [0.15, 0.2) is 22.7 Å². The lowest BCUT2D eigenvalue weighted by atomic mass is 10.2. The molecule has 2 fully saturated rings. The summed E-state index contributed by atoms with van der Waals surface area (Å²) in [5.74, 6) is 1.10. The number of rotatable bonds is 7. The Bertz CT molecular complexity index is 952. The molecule has 0 N–H and O–H groups in total. The predicted octanol–water partition coefficient (Wildman–Crippen LogP) is 1.92. The molecule has 0 aromatic carbocycles. The van der Waals surface area contributed by atoms with Crippen LogP contribution in [0.25, 0.3) is 10.7 Å². The van der Waals surface area contributed by atoms with Crippen LogP contribution in [0.1, 0.15) is 19.3 Å². The summed E-state index contributed by atoms with van der Waals surface area (Å²) >= 11 is 2.94. The van der Waals surface area contributed by atoms with E-state index in [1.807, 2.05) is 22.1 Å². The highest BCUT2D eigenvalue weighted by atomic mass is 32.2. The van der Waals surface area contributed by atoms with E-state index in [4.69, 9.17) is 4.74 Å². The molecule has 0 unspecified atom stereocenters. The van der Waals surface area contributed by atoms with Crippen molar-refractivity contribution in [1.82, 2.24) is 19.7 Å². The van der Waals surface area contributed by atoms with Crippen LogP contribution in [0, 0.1) is 0 Å². The molecule has 11 heteroatoms. The summed E-state index contributed by atoms with van der Waals surface area (Å²) in [4.78, 5) is 15.2. The first kappa shape index (κ1) is 20.8. The van der Waals surface area contributed by atoms with E-state index in [0.717, 1.165) is 30.2 Å². The van der Waals surface area contributed by atoms with E-state index < -0.39 is 9.84 Å². The zero-order valence-corrected chi connectivity index (χ0v) is 18.6. The fraction of sp³-hybridized carbons (Fsp3) is 0.611. The van der Waals surface area contributed by atoms with Crippen LogP contribution in [0.2, 0.25) is 0 Å². The van der Waals surface area contributed by atoms with Gasteiger partial charge in [-0.3, -0.25) is 9.36 Å². The normalized spacial score (nSPS) is 23.5. The van der Waals surface area contributed by atoms with Gasteiger partial charge in [0.2, 0.25) is 5.91 Å². The summed E-state index contributed by atoms with van der Waals surface area (Å²) < 4.78 is 31.2. The standard InChI is InChI=1S/C18H24N4O4S3/c1-21(13-6-9-29(24,25)12-13)16(23)11-28-18-20-19-17(15-5-3-8-27-15)22(18)10-14-4-2-7-26-14/h3,5,8,13-14H,2,4,6-7,9-12H2,1H3/t13-,14-/m0/s1. The molecule has 8 nitrogen and oxygen atoms in total. The number of amides is 1. The van der Waals surface area contributed by atoms with E-state index in [1.54, 1.807) is 23.3 Å². The van der Waals surface area contributed by atoms with Crippen LogP contribution >= 0.6 is 23.1 Å². The fourth-order valence-corrected chi connectivity index (χ4v) is 7.02. The molecule has 2 aromatic rings. The van der Waals surface area contributed by atoms with E-state index in [0.29, 0.717) is 18.1 Å². The molecule has 2 saturated heterocycles. The zero-order valence-electron chi connectivity index (χ0n) is 16.2. The Morgan fingerprint density at radius 1 is 1.41 bits per heavy atom. The van der Waals surface area contributed by atoms with Crippen molar-refractivity contribution in [2.75, 3.05) is 30.9 Å². The number of hydrogen-bond acceptors (Lipinski definition) is 8. The Hall–Kier alpha value is -1.43. The van der Waals surface area contributed by atoms with Gasteiger partial charge in [0.25, 0.3) is 0 Å². The lowest BCUT2D eigenvalue weighted by molar-refractivity contribution is -0.128. The van der Waals surface area contributed by atoms with E-state index in [2.05, 4.69) is 10.2 Å². The maximum Gasteiger partial charge on any atom is 0.233 e. The maximum absolute atomic E-state index is 12.6. The Balaban J connectivity index is 1.45. The highest BCUT2D eigenvalue weighted by molar-refractivity contribution is 7.99. The summed E-state index contributed by atoms with van der Waals surface area (Å²) in [7, 11) is -1.34. The van der Waals surface area contributed by atoms with Crippen molar-refractivity contribution >= 4 is 38.8 Å². The Labute approximate surface area is 178 Å². The first-order chi connectivity index (χ1) is 13.9. The quantitative estimate of drug-likeness (QED) is 0.588. The smallest absolute Gasteiger partial charge is 0.233 e. The molecule has 4 heterocycles.